The largest absolute Gasteiger partial charge is 0.453 e. The second-order valence-electron chi connectivity index (χ2n) is 6.50. The summed E-state index contributed by atoms with van der Waals surface area (Å²) in [6.07, 6.45) is 8.95. The smallest absolute Gasteiger partial charge is 0.157 e. The van der Waals surface area contributed by atoms with Crippen molar-refractivity contribution in [3.63, 3.8) is 0 Å². The van der Waals surface area contributed by atoms with Gasteiger partial charge in [-0.2, -0.15) is 0 Å². The predicted molar refractivity (Wildman–Crippen MR) is 104 cm³/mol. The van der Waals surface area contributed by atoms with Crippen molar-refractivity contribution in [3.8, 4) is 0 Å². The average molecular weight is 333 g/mol. The molecule has 126 valence electrons. The highest BCUT2D eigenvalue weighted by molar-refractivity contribution is 6.18. The number of hydrogen-bond donors (Lipinski definition) is 1. The number of rotatable bonds is 4. The van der Waals surface area contributed by atoms with E-state index in [0.717, 1.165) is 41.4 Å². The molecule has 4 rings (SSSR count). The molecule has 0 spiro atoms. The van der Waals surface area contributed by atoms with Crippen LogP contribution in [0.5, 0.6) is 0 Å². The van der Waals surface area contributed by atoms with Crippen molar-refractivity contribution in [1.29, 1.82) is 5.41 Å². The highest BCUT2D eigenvalue weighted by Crippen LogP contribution is 2.39. The molecule has 3 heteroatoms. The van der Waals surface area contributed by atoms with Crippen molar-refractivity contribution in [1.82, 2.24) is 4.98 Å². The summed E-state index contributed by atoms with van der Waals surface area (Å²) in [5.41, 5.74) is 2.72. The summed E-state index contributed by atoms with van der Waals surface area (Å²) in [6.45, 7) is 0.952. The number of benzene rings is 1. The van der Waals surface area contributed by atoms with E-state index in [-0.39, 0.29) is 17.8 Å². The zero-order chi connectivity index (χ0) is 19.7. The zero-order valence-electron chi connectivity index (χ0n) is 17.0. The van der Waals surface area contributed by atoms with Crippen molar-refractivity contribution < 1.29 is 8.53 Å². The third-order valence-corrected chi connectivity index (χ3v) is 4.98. The lowest BCUT2D eigenvalue weighted by Gasteiger charge is -2.20. The van der Waals surface area contributed by atoms with Gasteiger partial charge in [-0.15, -0.1) is 0 Å². The first-order valence-electron chi connectivity index (χ1n) is 10.3. The van der Waals surface area contributed by atoms with Gasteiger partial charge in [-0.1, -0.05) is 50.1 Å². The molecule has 3 aromatic rings. The van der Waals surface area contributed by atoms with E-state index in [1.165, 1.54) is 25.3 Å². The lowest BCUT2D eigenvalue weighted by atomic mass is 9.86. The summed E-state index contributed by atoms with van der Waals surface area (Å²) in [5, 5.41) is 10.3. The van der Waals surface area contributed by atoms with Gasteiger partial charge in [-0.05, 0) is 31.0 Å². The summed E-state index contributed by atoms with van der Waals surface area (Å²) in [7, 11) is 0. The third-order valence-electron chi connectivity index (χ3n) is 4.98. The van der Waals surface area contributed by atoms with Crippen LogP contribution in [0.3, 0.4) is 0 Å². The van der Waals surface area contributed by atoms with Gasteiger partial charge < -0.3 is 9.83 Å². The monoisotopic (exact) mass is 333 g/mol. The Labute approximate surface area is 151 Å². The first kappa shape index (κ1) is 12.6. The van der Waals surface area contributed by atoms with Crippen molar-refractivity contribution >= 4 is 27.7 Å². The van der Waals surface area contributed by atoms with Crippen molar-refractivity contribution in [2.45, 2.75) is 38.0 Å². The van der Waals surface area contributed by atoms with E-state index in [1.807, 2.05) is 24.4 Å². The minimum Gasteiger partial charge on any atom is -0.453 e. The fraction of sp³-hybridized carbons (Fsp3) is 0.273. The van der Waals surface area contributed by atoms with Crippen LogP contribution in [-0.4, -0.2) is 10.7 Å². The number of furan rings is 1. The molecule has 1 saturated carbocycles. The van der Waals surface area contributed by atoms with E-state index in [2.05, 4.69) is 4.98 Å². The molecular formula is C22H22N2O. The second-order valence-corrected chi connectivity index (χ2v) is 6.50. The molecule has 1 fully saturated rings. The van der Waals surface area contributed by atoms with Crippen LogP contribution in [0.1, 0.15) is 53.4 Å². The van der Waals surface area contributed by atoms with Gasteiger partial charge in [0.1, 0.15) is 5.58 Å². The highest BCUT2D eigenvalue weighted by Gasteiger charge is 2.22. The number of aromatic nitrogens is 1. The summed E-state index contributed by atoms with van der Waals surface area (Å²) in [6, 6.07) is 7.09. The Balaban J connectivity index is 1.89. The molecule has 1 aromatic carbocycles. The number of nitrogens with one attached hydrogen (secondary N) is 1. The quantitative estimate of drug-likeness (QED) is 0.460. The summed E-state index contributed by atoms with van der Waals surface area (Å²) in [4.78, 5) is 4.63. The van der Waals surface area contributed by atoms with Crippen LogP contribution >= 0.6 is 0 Å². The van der Waals surface area contributed by atoms with Crippen LogP contribution in [0.25, 0.3) is 21.9 Å². The lowest BCUT2D eigenvalue weighted by Crippen LogP contribution is -2.06. The number of allylic oxidation sites excluding steroid dienone is 3. The molecule has 25 heavy (non-hydrogen) atoms. The van der Waals surface area contributed by atoms with Crippen molar-refractivity contribution in [2.24, 2.45) is 0 Å². The van der Waals surface area contributed by atoms with Crippen LogP contribution in [0, 0.1) is 5.41 Å². The summed E-state index contributed by atoms with van der Waals surface area (Å²) < 4.78 is 29.3. The third kappa shape index (κ3) is 2.80. The maximum Gasteiger partial charge on any atom is 0.157 e. The Kier molecular flexibility index (Phi) is 3.38. The van der Waals surface area contributed by atoms with Gasteiger partial charge >= 0.3 is 0 Å². The molecule has 0 unspecified atom stereocenters. The van der Waals surface area contributed by atoms with Crippen LogP contribution in [0.2, 0.25) is 0 Å². The Morgan fingerprint density at radius 3 is 2.92 bits per heavy atom. The van der Waals surface area contributed by atoms with Crippen LogP contribution in [0.15, 0.2) is 59.6 Å². The number of para-hydroxylation sites is 1. The molecule has 0 amide bonds. The molecule has 1 N–H and O–H groups in total. The molecule has 2 heterocycles. The maximum absolute atomic E-state index is 8.41. The van der Waals surface area contributed by atoms with E-state index in [1.54, 1.807) is 6.07 Å². The molecule has 3 nitrogen and oxygen atoms in total. The predicted octanol–water partition coefficient (Wildman–Crippen LogP) is 6.14. The SMILES string of the molecule is [2H]C=C/C([2H])=C(/[2H])C(=N)c1cccc2c1oc1c(C3CCCCC3)nccc12. The van der Waals surface area contributed by atoms with E-state index in [0.29, 0.717) is 17.1 Å². The summed E-state index contributed by atoms with van der Waals surface area (Å²) in [5.74, 6) is 0.398. The molecule has 0 bridgehead atoms. The highest BCUT2D eigenvalue weighted by atomic mass is 16.3. The van der Waals surface area contributed by atoms with E-state index in [4.69, 9.17) is 13.9 Å². The van der Waals surface area contributed by atoms with Crippen LogP contribution in [-0.2, 0) is 0 Å². The van der Waals surface area contributed by atoms with Gasteiger partial charge in [0, 0.05) is 28.5 Å². The molecular weight excluding hydrogens is 308 g/mol. The number of pyridine rings is 1. The Hall–Kier alpha value is -2.68. The van der Waals surface area contributed by atoms with Crippen LogP contribution < -0.4 is 0 Å². The van der Waals surface area contributed by atoms with Crippen LogP contribution in [0.4, 0.5) is 0 Å². The van der Waals surface area contributed by atoms with E-state index < -0.39 is 0 Å². The van der Waals surface area contributed by atoms with Crippen molar-refractivity contribution in [2.75, 3.05) is 0 Å². The topological polar surface area (TPSA) is 49.9 Å². The molecule has 1 aliphatic rings. The van der Waals surface area contributed by atoms with Gasteiger partial charge in [0.05, 0.1) is 15.5 Å². The van der Waals surface area contributed by atoms with Gasteiger partial charge in [0.2, 0.25) is 0 Å². The normalized spacial score (nSPS) is 19.0. The Morgan fingerprint density at radius 1 is 1.24 bits per heavy atom. The minimum atomic E-state index is -0.234. The second kappa shape index (κ2) is 6.67. The fourth-order valence-electron chi connectivity index (χ4n) is 3.79. The summed E-state index contributed by atoms with van der Waals surface area (Å²) >= 11 is 0. The molecule has 0 radical (unpaired) electrons. The average Bonchev–Trinajstić information content (AvgIpc) is 3.12. The van der Waals surface area contributed by atoms with E-state index >= 15 is 0 Å². The molecule has 1 aliphatic carbocycles. The number of nitrogens with zero attached hydrogens (tertiary/aromatic N) is 1. The lowest BCUT2D eigenvalue weighted by molar-refractivity contribution is 0.435. The Bertz CT molecular complexity index is 1110. The van der Waals surface area contributed by atoms with Gasteiger partial charge in [0.25, 0.3) is 0 Å². The standard InChI is InChI=1S/C22H22N2O/c1-2-3-12-19(23)18-11-7-10-16-17-13-14-24-20(22(17)25-21(16)18)15-8-5-4-6-9-15/h2-3,7,10-15,23H,1,4-6,8-9H2/b12-3-,23-19?/i1D,3D,12D/b2-1?,12-3-,23-19?. The van der Waals surface area contributed by atoms with Gasteiger partial charge in [-0.25, -0.2) is 0 Å². The molecule has 0 atom stereocenters. The molecule has 0 saturated heterocycles. The fourth-order valence-corrected chi connectivity index (χ4v) is 3.79. The van der Waals surface area contributed by atoms with Gasteiger partial charge in [0.15, 0.2) is 5.58 Å². The Morgan fingerprint density at radius 2 is 2.08 bits per heavy atom. The van der Waals surface area contributed by atoms with E-state index in [9.17, 15) is 0 Å². The number of fused-ring (bicyclic) bond motifs is 3. The minimum absolute atomic E-state index is 0.0834. The first-order valence-corrected chi connectivity index (χ1v) is 8.73. The van der Waals surface area contributed by atoms with Crippen molar-refractivity contribution in [3.05, 3.63) is 66.5 Å². The molecule has 2 aromatic heterocycles. The van der Waals surface area contributed by atoms with Gasteiger partial charge in [-0.3, -0.25) is 4.98 Å². The zero-order valence-corrected chi connectivity index (χ0v) is 14.0. The maximum atomic E-state index is 8.41. The number of hydrogen-bond acceptors (Lipinski definition) is 3. The first-order chi connectivity index (χ1) is 13.6. The molecule has 0 aliphatic heterocycles.